The largest absolute Gasteiger partial charge is 0.326 e. The maximum absolute atomic E-state index is 12.0. The average molecular weight is 267 g/mol. The third-order valence-electron chi connectivity index (χ3n) is 3.57. The molecule has 98 valence electrons. The molecule has 0 aromatic heterocycles. The predicted molar refractivity (Wildman–Crippen MR) is 74.8 cm³/mol. The molecule has 1 aromatic rings. The van der Waals surface area contributed by atoms with Crippen LogP contribution >= 0.6 is 11.6 Å². The summed E-state index contributed by atoms with van der Waals surface area (Å²) in [5, 5.41) is 3.59. The molecule has 1 aromatic carbocycles. The van der Waals surface area contributed by atoms with Gasteiger partial charge >= 0.3 is 0 Å². The van der Waals surface area contributed by atoms with Gasteiger partial charge in [0.15, 0.2) is 0 Å². The van der Waals surface area contributed by atoms with Crippen LogP contribution in [0.1, 0.15) is 37.7 Å². The minimum absolute atomic E-state index is 0.00942. The number of hydrogen-bond acceptors (Lipinski definition) is 2. The first-order chi connectivity index (χ1) is 8.48. The lowest BCUT2D eigenvalue weighted by atomic mass is 9.94. The Bertz CT molecular complexity index is 453. The van der Waals surface area contributed by atoms with Crippen molar-refractivity contribution in [2.75, 3.05) is 5.32 Å². The van der Waals surface area contributed by atoms with E-state index < -0.39 is 0 Å². The highest BCUT2D eigenvalue weighted by molar-refractivity contribution is 6.30. The summed E-state index contributed by atoms with van der Waals surface area (Å²) < 4.78 is 0. The second-order valence-corrected chi connectivity index (χ2v) is 5.69. The van der Waals surface area contributed by atoms with E-state index in [-0.39, 0.29) is 11.4 Å². The van der Waals surface area contributed by atoms with Gasteiger partial charge in [0.05, 0.1) is 0 Å². The van der Waals surface area contributed by atoms with Crippen molar-refractivity contribution in [3.05, 3.63) is 28.8 Å². The number of amides is 1. The minimum atomic E-state index is -0.301. The van der Waals surface area contributed by atoms with Gasteiger partial charge in [-0.1, -0.05) is 24.4 Å². The summed E-state index contributed by atoms with van der Waals surface area (Å²) in [7, 11) is 0. The van der Waals surface area contributed by atoms with Crippen molar-refractivity contribution in [3.8, 4) is 0 Å². The molecule has 0 heterocycles. The zero-order valence-corrected chi connectivity index (χ0v) is 11.4. The van der Waals surface area contributed by atoms with Crippen LogP contribution in [0, 0.1) is 6.92 Å². The zero-order chi connectivity index (χ0) is 13.2. The molecule has 1 saturated carbocycles. The van der Waals surface area contributed by atoms with Gasteiger partial charge in [-0.15, -0.1) is 0 Å². The smallest absolute Gasteiger partial charge is 0.226 e. The molecule has 2 rings (SSSR count). The molecule has 0 aliphatic heterocycles. The van der Waals surface area contributed by atoms with Crippen molar-refractivity contribution < 1.29 is 4.79 Å². The van der Waals surface area contributed by atoms with Gasteiger partial charge < -0.3 is 11.1 Å². The summed E-state index contributed by atoms with van der Waals surface area (Å²) in [5.74, 6) is -0.00942. The maximum atomic E-state index is 12.0. The molecule has 1 aliphatic rings. The first-order valence-corrected chi connectivity index (χ1v) is 6.71. The minimum Gasteiger partial charge on any atom is -0.326 e. The second kappa shape index (κ2) is 5.29. The molecule has 0 radical (unpaired) electrons. The van der Waals surface area contributed by atoms with Gasteiger partial charge in [0, 0.05) is 22.7 Å². The maximum Gasteiger partial charge on any atom is 0.226 e. The fourth-order valence-corrected chi connectivity index (χ4v) is 2.76. The first-order valence-electron chi connectivity index (χ1n) is 6.33. The molecule has 1 amide bonds. The summed E-state index contributed by atoms with van der Waals surface area (Å²) in [6.45, 7) is 1.93. The molecule has 18 heavy (non-hydrogen) atoms. The molecule has 3 nitrogen and oxygen atoms in total. The highest BCUT2D eigenvalue weighted by Crippen LogP contribution is 2.30. The van der Waals surface area contributed by atoms with E-state index in [1.807, 2.05) is 19.1 Å². The lowest BCUT2D eigenvalue weighted by molar-refractivity contribution is -0.117. The Morgan fingerprint density at radius 1 is 1.44 bits per heavy atom. The molecule has 0 atom stereocenters. The van der Waals surface area contributed by atoms with Crippen molar-refractivity contribution in [1.82, 2.24) is 0 Å². The van der Waals surface area contributed by atoms with E-state index in [1.165, 1.54) is 0 Å². The van der Waals surface area contributed by atoms with E-state index in [1.54, 1.807) is 6.07 Å². The Morgan fingerprint density at radius 3 is 2.72 bits per heavy atom. The second-order valence-electron chi connectivity index (χ2n) is 5.25. The molecule has 4 heteroatoms. The summed E-state index contributed by atoms with van der Waals surface area (Å²) in [4.78, 5) is 12.0. The van der Waals surface area contributed by atoms with Crippen molar-refractivity contribution in [3.63, 3.8) is 0 Å². The summed E-state index contributed by atoms with van der Waals surface area (Å²) in [6.07, 6.45) is 4.54. The summed E-state index contributed by atoms with van der Waals surface area (Å²) >= 11 is 5.88. The summed E-state index contributed by atoms with van der Waals surface area (Å²) in [5.41, 5.74) is 7.67. The number of nitrogens with one attached hydrogen (secondary N) is 1. The van der Waals surface area contributed by atoms with E-state index in [0.717, 1.165) is 36.9 Å². The zero-order valence-electron chi connectivity index (χ0n) is 10.6. The van der Waals surface area contributed by atoms with E-state index in [2.05, 4.69) is 5.32 Å². The number of rotatable bonds is 3. The average Bonchev–Trinajstić information content (AvgIpc) is 2.69. The van der Waals surface area contributed by atoms with Crippen molar-refractivity contribution in [2.24, 2.45) is 5.73 Å². The van der Waals surface area contributed by atoms with Gasteiger partial charge in [-0.2, -0.15) is 0 Å². The number of carbonyl (C=O) groups is 1. The molecule has 0 unspecified atom stereocenters. The van der Waals surface area contributed by atoms with Crippen LogP contribution in [0.3, 0.4) is 0 Å². The topological polar surface area (TPSA) is 55.1 Å². The third-order valence-corrected chi connectivity index (χ3v) is 3.81. The Balaban J connectivity index is 1.98. The first kappa shape index (κ1) is 13.4. The number of halogens is 1. The van der Waals surface area contributed by atoms with Gasteiger partial charge in [-0.3, -0.25) is 4.79 Å². The van der Waals surface area contributed by atoms with Gasteiger partial charge in [-0.05, 0) is 43.5 Å². The quantitative estimate of drug-likeness (QED) is 0.882. The normalized spacial score (nSPS) is 17.7. The number of carbonyl (C=O) groups excluding carboxylic acids is 1. The van der Waals surface area contributed by atoms with Gasteiger partial charge in [-0.25, -0.2) is 0 Å². The standard InChI is InChI=1S/C14H19ClN2O/c1-10-8-11(15)4-5-12(10)17-13(18)9-14(16)6-2-3-7-14/h4-5,8H,2-3,6-7,9,16H2,1H3,(H,17,18). The number of aryl methyl sites for hydroxylation is 1. The van der Waals surface area contributed by atoms with Crippen LogP contribution in [0.5, 0.6) is 0 Å². The SMILES string of the molecule is Cc1cc(Cl)ccc1NC(=O)CC1(N)CCCC1. The Morgan fingerprint density at radius 2 is 2.11 bits per heavy atom. The van der Waals surface area contributed by atoms with Crippen LogP contribution < -0.4 is 11.1 Å². The third kappa shape index (κ3) is 3.24. The fraction of sp³-hybridized carbons (Fsp3) is 0.500. The number of nitrogens with two attached hydrogens (primary N) is 1. The molecule has 1 aliphatic carbocycles. The molecular weight excluding hydrogens is 248 g/mol. The molecule has 3 N–H and O–H groups in total. The lowest BCUT2D eigenvalue weighted by Crippen LogP contribution is -2.40. The molecule has 0 bridgehead atoms. The van der Waals surface area contributed by atoms with E-state index >= 15 is 0 Å². The van der Waals surface area contributed by atoms with Crippen LogP contribution in [0.25, 0.3) is 0 Å². The van der Waals surface area contributed by atoms with E-state index in [9.17, 15) is 4.79 Å². The Labute approximate surface area is 113 Å². The van der Waals surface area contributed by atoms with Crippen molar-refractivity contribution in [1.29, 1.82) is 0 Å². The van der Waals surface area contributed by atoms with Gasteiger partial charge in [0.25, 0.3) is 0 Å². The van der Waals surface area contributed by atoms with Crippen molar-refractivity contribution in [2.45, 2.75) is 44.6 Å². The van der Waals surface area contributed by atoms with E-state index in [0.29, 0.717) is 11.4 Å². The fourth-order valence-electron chi connectivity index (χ4n) is 2.54. The highest BCUT2D eigenvalue weighted by atomic mass is 35.5. The summed E-state index contributed by atoms with van der Waals surface area (Å²) in [6, 6.07) is 5.44. The van der Waals surface area contributed by atoms with Gasteiger partial charge in [0.1, 0.15) is 0 Å². The number of anilines is 1. The van der Waals surface area contributed by atoms with Crippen LogP contribution in [-0.2, 0) is 4.79 Å². The van der Waals surface area contributed by atoms with Crippen LogP contribution in [0.15, 0.2) is 18.2 Å². The van der Waals surface area contributed by atoms with Crippen LogP contribution in [-0.4, -0.2) is 11.4 Å². The predicted octanol–water partition coefficient (Wildman–Crippen LogP) is 3.25. The van der Waals surface area contributed by atoms with E-state index in [4.69, 9.17) is 17.3 Å². The van der Waals surface area contributed by atoms with Crippen molar-refractivity contribution >= 4 is 23.2 Å². The molecule has 1 fully saturated rings. The Hall–Kier alpha value is -1.06. The molecule has 0 saturated heterocycles. The van der Waals surface area contributed by atoms with Crippen LogP contribution in [0.2, 0.25) is 5.02 Å². The van der Waals surface area contributed by atoms with Gasteiger partial charge in [0.2, 0.25) is 5.91 Å². The van der Waals surface area contributed by atoms with Crippen LogP contribution in [0.4, 0.5) is 5.69 Å². The molecular formula is C14H19ClN2O. The monoisotopic (exact) mass is 266 g/mol. The number of benzene rings is 1. The number of hydrogen-bond donors (Lipinski definition) is 2. The Kier molecular flexibility index (Phi) is 3.93. The highest BCUT2D eigenvalue weighted by Gasteiger charge is 2.31. The lowest BCUT2D eigenvalue weighted by Gasteiger charge is -2.22. The molecule has 0 spiro atoms.